The number of hydrogen-bond donors (Lipinski definition) is 0. The fourth-order valence-corrected chi connectivity index (χ4v) is 3.95. The molecule has 1 unspecified atom stereocenters. The minimum atomic E-state index is 0.439. The molecule has 3 nitrogen and oxygen atoms in total. The molecule has 0 spiro atoms. The van der Waals surface area contributed by atoms with Crippen molar-refractivity contribution >= 4 is 0 Å². The van der Waals surface area contributed by atoms with Crippen molar-refractivity contribution in [2.24, 2.45) is 0 Å². The van der Waals surface area contributed by atoms with Crippen LogP contribution in [0.1, 0.15) is 84.0 Å². The van der Waals surface area contributed by atoms with Crippen LogP contribution in [0.2, 0.25) is 0 Å². The van der Waals surface area contributed by atoms with Crippen LogP contribution in [0.25, 0.3) is 0 Å². The third-order valence-corrected chi connectivity index (χ3v) is 5.55. The summed E-state index contributed by atoms with van der Waals surface area (Å²) in [4.78, 5) is 5.22. The highest BCUT2D eigenvalue weighted by atomic mass is 16.5. The number of ether oxygens (including phenoxy) is 1. The normalized spacial score (nSPS) is 23.6. The second-order valence-electron chi connectivity index (χ2n) is 7.53. The molecular formula is C20H40N2O. The second kappa shape index (κ2) is 12.3. The summed E-state index contributed by atoms with van der Waals surface area (Å²) in [6.45, 7) is 9.50. The summed E-state index contributed by atoms with van der Waals surface area (Å²) in [5.41, 5.74) is 0. The Morgan fingerprint density at radius 3 is 1.96 bits per heavy atom. The van der Waals surface area contributed by atoms with Gasteiger partial charge in [0.1, 0.15) is 6.23 Å². The van der Waals surface area contributed by atoms with Gasteiger partial charge in [-0.15, -0.1) is 0 Å². The molecule has 0 saturated carbocycles. The zero-order valence-electron chi connectivity index (χ0n) is 15.6. The van der Waals surface area contributed by atoms with Crippen LogP contribution in [-0.2, 0) is 4.74 Å². The average Bonchev–Trinajstić information content (AvgIpc) is 3.12. The topological polar surface area (TPSA) is 15.7 Å². The predicted octanol–water partition coefficient (Wildman–Crippen LogP) is 4.66. The first-order chi connectivity index (χ1) is 11.4. The molecule has 2 fully saturated rings. The highest BCUT2D eigenvalue weighted by Gasteiger charge is 2.26. The SMILES string of the molecule is CCCCCCCCCCCCN1CCN(C2CCCO2)CC1. The van der Waals surface area contributed by atoms with Gasteiger partial charge in [-0.25, -0.2) is 0 Å². The lowest BCUT2D eigenvalue weighted by molar-refractivity contribution is -0.0421. The van der Waals surface area contributed by atoms with E-state index in [1.807, 2.05) is 0 Å². The predicted molar refractivity (Wildman–Crippen MR) is 98.8 cm³/mol. The summed E-state index contributed by atoms with van der Waals surface area (Å²) in [5.74, 6) is 0. The molecule has 2 aliphatic rings. The molecule has 0 aromatic carbocycles. The van der Waals surface area contributed by atoms with E-state index in [1.54, 1.807) is 0 Å². The van der Waals surface area contributed by atoms with Gasteiger partial charge in [0.15, 0.2) is 0 Å². The van der Waals surface area contributed by atoms with Gasteiger partial charge in [0.25, 0.3) is 0 Å². The fraction of sp³-hybridized carbons (Fsp3) is 1.00. The van der Waals surface area contributed by atoms with E-state index in [4.69, 9.17) is 4.74 Å². The Labute approximate surface area is 144 Å². The Morgan fingerprint density at radius 1 is 0.783 bits per heavy atom. The van der Waals surface area contributed by atoms with Crippen molar-refractivity contribution in [2.45, 2.75) is 90.2 Å². The fourth-order valence-electron chi connectivity index (χ4n) is 3.95. The van der Waals surface area contributed by atoms with E-state index in [9.17, 15) is 0 Å². The van der Waals surface area contributed by atoms with Gasteiger partial charge >= 0.3 is 0 Å². The van der Waals surface area contributed by atoms with Gasteiger partial charge in [0.05, 0.1) is 0 Å². The van der Waals surface area contributed by atoms with Gasteiger partial charge in [0.2, 0.25) is 0 Å². The zero-order valence-corrected chi connectivity index (χ0v) is 15.6. The van der Waals surface area contributed by atoms with Crippen molar-refractivity contribution in [3.05, 3.63) is 0 Å². The van der Waals surface area contributed by atoms with E-state index in [0.717, 1.165) is 6.61 Å². The first kappa shape index (κ1) is 19.2. The summed E-state index contributed by atoms with van der Waals surface area (Å²) in [5, 5.41) is 0. The number of nitrogens with zero attached hydrogens (tertiary/aromatic N) is 2. The van der Waals surface area contributed by atoms with Crippen molar-refractivity contribution in [2.75, 3.05) is 39.3 Å². The average molecular weight is 325 g/mol. The van der Waals surface area contributed by atoms with E-state index in [0.29, 0.717) is 6.23 Å². The molecule has 2 aliphatic heterocycles. The summed E-state index contributed by atoms with van der Waals surface area (Å²) < 4.78 is 5.80. The Morgan fingerprint density at radius 2 is 1.39 bits per heavy atom. The molecule has 136 valence electrons. The first-order valence-electron chi connectivity index (χ1n) is 10.5. The van der Waals surface area contributed by atoms with Gasteiger partial charge in [-0.3, -0.25) is 4.90 Å². The number of hydrogen-bond acceptors (Lipinski definition) is 3. The molecule has 0 bridgehead atoms. The molecule has 0 aromatic heterocycles. The quantitative estimate of drug-likeness (QED) is 0.486. The number of piperazine rings is 1. The number of rotatable bonds is 12. The Hall–Kier alpha value is -0.120. The van der Waals surface area contributed by atoms with Crippen LogP contribution in [0.15, 0.2) is 0 Å². The van der Waals surface area contributed by atoms with Crippen LogP contribution in [0.5, 0.6) is 0 Å². The lowest BCUT2D eigenvalue weighted by Gasteiger charge is -2.37. The Kier molecular flexibility index (Phi) is 10.2. The van der Waals surface area contributed by atoms with E-state index in [1.165, 1.54) is 110 Å². The van der Waals surface area contributed by atoms with E-state index >= 15 is 0 Å². The largest absolute Gasteiger partial charge is 0.363 e. The maximum absolute atomic E-state index is 5.80. The summed E-state index contributed by atoms with van der Waals surface area (Å²) in [6, 6.07) is 0. The van der Waals surface area contributed by atoms with Gasteiger partial charge in [-0.05, 0) is 25.8 Å². The zero-order chi connectivity index (χ0) is 16.2. The van der Waals surface area contributed by atoms with Gasteiger partial charge < -0.3 is 9.64 Å². The van der Waals surface area contributed by atoms with Crippen LogP contribution in [0.4, 0.5) is 0 Å². The smallest absolute Gasteiger partial charge is 0.110 e. The van der Waals surface area contributed by atoms with Gasteiger partial charge in [-0.1, -0.05) is 64.7 Å². The second-order valence-corrected chi connectivity index (χ2v) is 7.53. The van der Waals surface area contributed by atoms with Crippen LogP contribution in [0.3, 0.4) is 0 Å². The molecule has 0 radical (unpaired) electrons. The highest BCUT2D eigenvalue weighted by Crippen LogP contribution is 2.18. The van der Waals surface area contributed by atoms with Crippen LogP contribution >= 0.6 is 0 Å². The van der Waals surface area contributed by atoms with E-state index < -0.39 is 0 Å². The third-order valence-electron chi connectivity index (χ3n) is 5.55. The molecule has 2 saturated heterocycles. The lowest BCUT2D eigenvalue weighted by Crippen LogP contribution is -2.50. The molecule has 2 heterocycles. The molecule has 23 heavy (non-hydrogen) atoms. The maximum atomic E-state index is 5.80. The molecule has 0 N–H and O–H groups in total. The monoisotopic (exact) mass is 324 g/mol. The van der Waals surface area contributed by atoms with Crippen molar-refractivity contribution in [3.63, 3.8) is 0 Å². The van der Waals surface area contributed by atoms with Gasteiger partial charge in [0, 0.05) is 32.8 Å². The first-order valence-corrected chi connectivity index (χ1v) is 10.5. The Balaban J connectivity index is 1.36. The van der Waals surface area contributed by atoms with Crippen LogP contribution < -0.4 is 0 Å². The van der Waals surface area contributed by atoms with Crippen molar-refractivity contribution < 1.29 is 4.74 Å². The maximum Gasteiger partial charge on any atom is 0.110 e. The molecule has 1 atom stereocenters. The van der Waals surface area contributed by atoms with Crippen LogP contribution in [0, 0.1) is 0 Å². The molecule has 0 aliphatic carbocycles. The standard InChI is InChI=1S/C20H40N2O/c1-2-3-4-5-6-7-8-9-10-11-14-21-15-17-22(18-16-21)20-13-12-19-23-20/h20H,2-19H2,1H3. The third kappa shape index (κ3) is 8.00. The molecular weight excluding hydrogens is 284 g/mol. The summed E-state index contributed by atoms with van der Waals surface area (Å²) in [7, 11) is 0. The summed E-state index contributed by atoms with van der Waals surface area (Å²) in [6.07, 6.45) is 17.3. The molecule has 0 amide bonds. The van der Waals surface area contributed by atoms with Gasteiger partial charge in [-0.2, -0.15) is 0 Å². The molecule has 2 rings (SSSR count). The lowest BCUT2D eigenvalue weighted by atomic mass is 10.1. The molecule has 3 heteroatoms. The number of unbranched alkanes of at least 4 members (excludes halogenated alkanes) is 9. The van der Waals surface area contributed by atoms with E-state index in [-0.39, 0.29) is 0 Å². The highest BCUT2D eigenvalue weighted by molar-refractivity contribution is 4.76. The Bertz CT molecular complexity index is 271. The van der Waals surface area contributed by atoms with E-state index in [2.05, 4.69) is 16.7 Å². The molecule has 0 aromatic rings. The van der Waals surface area contributed by atoms with Crippen molar-refractivity contribution in [3.8, 4) is 0 Å². The van der Waals surface area contributed by atoms with Crippen molar-refractivity contribution in [1.82, 2.24) is 9.80 Å². The summed E-state index contributed by atoms with van der Waals surface area (Å²) >= 11 is 0. The minimum absolute atomic E-state index is 0.439. The van der Waals surface area contributed by atoms with Crippen molar-refractivity contribution in [1.29, 1.82) is 0 Å². The van der Waals surface area contributed by atoms with Crippen LogP contribution in [-0.4, -0.2) is 55.4 Å². The minimum Gasteiger partial charge on any atom is -0.363 e.